The molecule has 0 aliphatic rings. The summed E-state index contributed by atoms with van der Waals surface area (Å²) in [5, 5.41) is 0. The van der Waals surface area contributed by atoms with Gasteiger partial charge in [0.25, 0.3) is 8.68 Å². The van der Waals surface area contributed by atoms with Gasteiger partial charge < -0.3 is 23.1 Å². The third-order valence-corrected chi connectivity index (χ3v) is 21.7. The molecule has 0 saturated heterocycles. The normalized spacial score (nSPS) is 13.0. The predicted octanol–water partition coefficient (Wildman–Crippen LogP) is 14.8. The van der Waals surface area contributed by atoms with Crippen molar-refractivity contribution >= 4 is 59.4 Å². The molecule has 0 aliphatic carbocycles. The van der Waals surface area contributed by atoms with Crippen LogP contribution in [-0.4, -0.2) is 31.0 Å². The topological polar surface area (TPSA) is 42.0 Å². The maximum Gasteiger partial charge on any atom is 0.275 e. The number of para-hydroxylation sites is 1. The Hall–Kier alpha value is -4.87. The zero-order chi connectivity index (χ0) is 41.3. The Morgan fingerprint density at radius 1 is 0.569 bits per heavy atom. The van der Waals surface area contributed by atoms with Gasteiger partial charge in [0.05, 0.1) is 0 Å². The lowest BCUT2D eigenvalue weighted by Crippen LogP contribution is -2.57. The number of benzene rings is 6. The van der Waals surface area contributed by atoms with Gasteiger partial charge in [0.1, 0.15) is 11.5 Å². The van der Waals surface area contributed by atoms with Crippen LogP contribution in [0.3, 0.4) is 0 Å². The van der Waals surface area contributed by atoms with Crippen molar-refractivity contribution in [3.63, 3.8) is 0 Å². The van der Waals surface area contributed by atoms with Crippen LogP contribution in [0.4, 0.5) is 34.1 Å². The quantitative estimate of drug-likeness (QED) is 0.0808. The standard InChI is InChI=1S/C50H60N2O3Si3/c1-9-11-23-50(58(8,38-56(53)10-2)55-57(5,6)7)54-49-34-32-46(33-35-49)52(48-22-16-18-40(4)37-48)45-30-26-42(27-31-45)41-24-28-44(29-25-41)51(43-19-13-12-14-20-43)47-21-15-17-39(3)36-47/h12-22,24-37,50H,9-11,23,38H2,1-8H3. The zero-order valence-corrected chi connectivity index (χ0v) is 38.7. The van der Waals surface area contributed by atoms with Crippen LogP contribution >= 0.6 is 0 Å². The number of nitrogens with zero attached hydrogens (tertiary/aromatic N) is 2. The monoisotopic (exact) mass is 820 g/mol. The molecule has 0 amide bonds. The Bertz CT molecular complexity index is 2240. The van der Waals surface area contributed by atoms with Crippen molar-refractivity contribution in [1.29, 1.82) is 0 Å². The lowest BCUT2D eigenvalue weighted by molar-refractivity contribution is 0.233. The predicted molar refractivity (Wildman–Crippen MR) is 252 cm³/mol. The first-order valence-electron chi connectivity index (χ1n) is 20.8. The molecule has 58 heavy (non-hydrogen) atoms. The fourth-order valence-electron chi connectivity index (χ4n) is 7.76. The molecule has 0 N–H and O–H groups in total. The molecule has 5 nitrogen and oxygen atoms in total. The molecule has 8 heteroatoms. The molecule has 2 atom stereocenters. The molecule has 6 aromatic rings. The van der Waals surface area contributed by atoms with Gasteiger partial charge in [-0.25, -0.2) is 0 Å². The minimum Gasteiger partial charge on any atom is -0.491 e. The van der Waals surface area contributed by atoms with E-state index in [0.717, 1.165) is 70.3 Å². The summed E-state index contributed by atoms with van der Waals surface area (Å²) in [5.74, 6) is 0.829. The molecule has 0 bridgehead atoms. The largest absolute Gasteiger partial charge is 0.491 e. The highest BCUT2D eigenvalue weighted by Crippen LogP contribution is 2.39. The third-order valence-electron chi connectivity index (χ3n) is 10.5. The number of hydrogen-bond donors (Lipinski definition) is 0. The molecule has 0 saturated carbocycles. The van der Waals surface area contributed by atoms with E-state index in [4.69, 9.17) is 8.85 Å². The van der Waals surface area contributed by atoms with Gasteiger partial charge in [-0.2, -0.15) is 0 Å². The van der Waals surface area contributed by atoms with Crippen LogP contribution in [0.15, 0.2) is 152 Å². The van der Waals surface area contributed by atoms with E-state index in [2.05, 4.69) is 208 Å². The van der Waals surface area contributed by atoms with E-state index in [-0.39, 0.29) is 5.73 Å². The first-order valence-corrected chi connectivity index (χ1v) is 28.8. The van der Waals surface area contributed by atoms with Gasteiger partial charge >= 0.3 is 0 Å². The van der Waals surface area contributed by atoms with E-state index in [1.807, 2.05) is 6.92 Å². The van der Waals surface area contributed by atoms with E-state index in [1.165, 1.54) is 11.1 Å². The molecule has 0 radical (unpaired) electrons. The second-order valence-corrected chi connectivity index (χ2v) is 28.1. The van der Waals surface area contributed by atoms with E-state index >= 15 is 0 Å². The average molecular weight is 821 g/mol. The number of ether oxygens (including phenoxy) is 1. The van der Waals surface area contributed by atoms with Gasteiger partial charge in [-0.3, -0.25) is 0 Å². The third kappa shape index (κ3) is 11.0. The lowest BCUT2D eigenvalue weighted by atomic mass is 10.0. The molecule has 300 valence electrons. The van der Waals surface area contributed by atoms with Gasteiger partial charge in [-0.15, -0.1) is 0 Å². The van der Waals surface area contributed by atoms with Crippen LogP contribution in [0, 0.1) is 13.8 Å². The highest BCUT2D eigenvalue weighted by molar-refractivity contribution is 6.90. The minimum atomic E-state index is -2.48. The van der Waals surface area contributed by atoms with Crippen LogP contribution in [0.5, 0.6) is 5.75 Å². The van der Waals surface area contributed by atoms with Crippen LogP contribution in [0.1, 0.15) is 44.2 Å². The van der Waals surface area contributed by atoms with Gasteiger partial charge in [0.15, 0.2) is 8.32 Å². The van der Waals surface area contributed by atoms with Gasteiger partial charge in [0.2, 0.25) is 8.32 Å². The molecule has 0 fully saturated rings. The van der Waals surface area contributed by atoms with E-state index < -0.39 is 25.3 Å². The molecule has 6 aromatic carbocycles. The van der Waals surface area contributed by atoms with Crippen LogP contribution < -0.4 is 14.5 Å². The van der Waals surface area contributed by atoms with Gasteiger partial charge in [0, 0.05) is 39.8 Å². The second-order valence-electron chi connectivity index (χ2n) is 16.6. The fourth-order valence-corrected chi connectivity index (χ4v) is 21.1. The van der Waals surface area contributed by atoms with Crippen molar-refractivity contribution in [2.24, 2.45) is 0 Å². The number of aryl methyl sites for hydroxylation is 2. The molecule has 0 spiro atoms. The molecule has 0 heterocycles. The zero-order valence-electron chi connectivity index (χ0n) is 35.7. The minimum absolute atomic E-state index is 0.0658. The summed E-state index contributed by atoms with van der Waals surface area (Å²) in [6.07, 6.45) is 3.04. The first-order chi connectivity index (χ1) is 27.9. The van der Waals surface area contributed by atoms with Crippen molar-refractivity contribution in [1.82, 2.24) is 0 Å². The number of rotatable bonds is 18. The van der Waals surface area contributed by atoms with Gasteiger partial charge in [-0.05, 0) is 160 Å². The SMILES string of the molecule is CCCCC(Oc1ccc(N(c2ccc(-c3ccc(N(c4ccccc4)c4cccc(C)c4)cc3)cc2)c2cccc(C)c2)cc1)[Si](C)(C[Si](=O)CC)O[Si](C)(C)C. The number of anilines is 6. The van der Waals surface area contributed by atoms with E-state index in [1.54, 1.807) is 0 Å². The Kier molecular flexibility index (Phi) is 14.2. The molecular formula is C50H60N2O3Si3. The van der Waals surface area contributed by atoms with Gasteiger partial charge in [-0.1, -0.05) is 93.4 Å². The highest BCUT2D eigenvalue weighted by atomic mass is 28.4. The lowest BCUT2D eigenvalue weighted by Gasteiger charge is -2.40. The van der Waals surface area contributed by atoms with Crippen molar-refractivity contribution in [3.8, 4) is 16.9 Å². The van der Waals surface area contributed by atoms with Crippen LogP contribution in [0.25, 0.3) is 11.1 Å². The summed E-state index contributed by atoms with van der Waals surface area (Å²) in [6, 6.07) is 54.7. The van der Waals surface area contributed by atoms with Crippen molar-refractivity contribution in [2.75, 3.05) is 9.80 Å². The first kappa shape index (κ1) is 42.7. The molecule has 6 rings (SSSR count). The molecule has 2 unspecified atom stereocenters. The molecule has 0 aromatic heterocycles. The summed E-state index contributed by atoms with van der Waals surface area (Å²) in [6.45, 7) is 17.5. The Balaban J connectivity index is 1.28. The fraction of sp³-hybridized carbons (Fsp3) is 0.280. The number of unbranched alkanes of at least 4 members (excludes halogenated alkanes) is 1. The van der Waals surface area contributed by atoms with Crippen molar-refractivity contribution in [3.05, 3.63) is 163 Å². The van der Waals surface area contributed by atoms with Crippen LogP contribution in [0.2, 0.25) is 37.9 Å². The highest BCUT2D eigenvalue weighted by Gasteiger charge is 2.45. The average Bonchev–Trinajstić information content (AvgIpc) is 3.20. The Morgan fingerprint density at radius 2 is 1.02 bits per heavy atom. The maximum atomic E-state index is 13.1. The summed E-state index contributed by atoms with van der Waals surface area (Å²) < 4.78 is 27.0. The Labute approximate surface area is 351 Å². The molecule has 0 aliphatic heterocycles. The summed E-state index contributed by atoms with van der Waals surface area (Å²) in [7, 11) is -6.11. The van der Waals surface area contributed by atoms with Crippen LogP contribution in [-0.2, 0) is 8.58 Å². The Morgan fingerprint density at radius 3 is 1.45 bits per heavy atom. The second kappa shape index (κ2) is 19.3. The summed E-state index contributed by atoms with van der Waals surface area (Å²) >= 11 is 0. The smallest absolute Gasteiger partial charge is 0.275 e. The van der Waals surface area contributed by atoms with E-state index in [0.29, 0.717) is 11.7 Å². The van der Waals surface area contributed by atoms with E-state index in [9.17, 15) is 4.46 Å². The number of hydrogen-bond acceptors (Lipinski definition) is 5. The van der Waals surface area contributed by atoms with Crippen molar-refractivity contribution in [2.45, 2.75) is 90.6 Å². The summed E-state index contributed by atoms with van der Waals surface area (Å²) in [4.78, 5) is 4.61. The maximum absolute atomic E-state index is 13.1. The summed E-state index contributed by atoms with van der Waals surface area (Å²) in [5.41, 5.74) is 11.9. The van der Waals surface area contributed by atoms with Crippen molar-refractivity contribution < 1.29 is 13.3 Å². The molecular weight excluding hydrogens is 761 g/mol.